The smallest absolute Gasteiger partial charge is 0.322 e. The van der Waals surface area contributed by atoms with Crippen molar-refractivity contribution in [1.29, 1.82) is 0 Å². The van der Waals surface area contributed by atoms with E-state index < -0.39 is 6.04 Å². The monoisotopic (exact) mass is 488 g/mol. The minimum atomic E-state index is -0.461. The van der Waals surface area contributed by atoms with Crippen LogP contribution < -0.4 is 14.8 Å². The molecular weight excluding hydrogens is 464 g/mol. The van der Waals surface area contributed by atoms with E-state index >= 15 is 0 Å². The normalized spacial score (nSPS) is 15.8. The molecule has 8 nitrogen and oxygen atoms in total. The number of carbonyl (C=O) groups excluding carboxylic acids is 1. The quantitative estimate of drug-likeness (QED) is 0.369. The number of urea groups is 1. The summed E-state index contributed by atoms with van der Waals surface area (Å²) < 4.78 is 16.3. The number of thiophene rings is 1. The van der Waals surface area contributed by atoms with Gasteiger partial charge in [0.25, 0.3) is 5.89 Å². The Hall–Kier alpha value is -4.11. The van der Waals surface area contributed by atoms with E-state index in [1.165, 1.54) is 11.3 Å². The van der Waals surface area contributed by atoms with E-state index in [4.69, 9.17) is 14.0 Å². The highest BCUT2D eigenvalue weighted by Crippen LogP contribution is 2.38. The Balaban J connectivity index is 1.56. The van der Waals surface area contributed by atoms with Gasteiger partial charge in [-0.25, -0.2) is 4.79 Å². The fourth-order valence-corrected chi connectivity index (χ4v) is 4.70. The van der Waals surface area contributed by atoms with Crippen LogP contribution in [0.1, 0.15) is 30.0 Å². The molecule has 0 fully saturated rings. The molecule has 1 atom stereocenters. The zero-order valence-electron chi connectivity index (χ0n) is 19.5. The van der Waals surface area contributed by atoms with E-state index in [0.29, 0.717) is 18.3 Å². The van der Waals surface area contributed by atoms with Crippen molar-refractivity contribution in [2.45, 2.75) is 19.5 Å². The van der Waals surface area contributed by atoms with E-state index in [1.807, 2.05) is 73.0 Å². The zero-order chi connectivity index (χ0) is 24.4. The van der Waals surface area contributed by atoms with Crippen molar-refractivity contribution in [3.05, 3.63) is 88.8 Å². The highest BCUT2D eigenvalue weighted by Gasteiger charge is 2.36. The van der Waals surface area contributed by atoms with Crippen LogP contribution >= 0.6 is 11.3 Å². The average Bonchev–Trinajstić information content (AvgIpc) is 3.59. The van der Waals surface area contributed by atoms with Gasteiger partial charge in [0.2, 0.25) is 5.82 Å². The molecule has 9 heteroatoms. The van der Waals surface area contributed by atoms with Crippen LogP contribution in [0.5, 0.6) is 11.5 Å². The van der Waals surface area contributed by atoms with Crippen LogP contribution in [-0.4, -0.2) is 35.3 Å². The molecule has 4 aromatic rings. The molecule has 2 amide bonds. The largest absolute Gasteiger partial charge is 0.497 e. The summed E-state index contributed by atoms with van der Waals surface area (Å²) in [6.45, 7) is 2.29. The summed E-state index contributed by atoms with van der Waals surface area (Å²) >= 11 is 1.54. The Morgan fingerprint density at radius 1 is 1.03 bits per heavy atom. The van der Waals surface area contributed by atoms with Crippen molar-refractivity contribution < 1.29 is 18.8 Å². The van der Waals surface area contributed by atoms with Gasteiger partial charge in [0.1, 0.15) is 11.5 Å². The number of hydrogen-bond donors (Lipinski definition) is 1. The van der Waals surface area contributed by atoms with Gasteiger partial charge in [0.05, 0.1) is 37.3 Å². The molecule has 5 rings (SSSR count). The van der Waals surface area contributed by atoms with Crippen molar-refractivity contribution in [2.75, 3.05) is 14.2 Å². The Morgan fingerprint density at radius 2 is 1.71 bits per heavy atom. The Bertz CT molecular complexity index is 1350. The van der Waals surface area contributed by atoms with Crippen molar-refractivity contribution in [1.82, 2.24) is 20.4 Å². The van der Waals surface area contributed by atoms with E-state index in [2.05, 4.69) is 15.5 Å². The maximum Gasteiger partial charge on any atom is 0.322 e. The average molecular weight is 489 g/mol. The number of benzene rings is 2. The third-order valence-electron chi connectivity index (χ3n) is 5.94. The first-order valence-corrected chi connectivity index (χ1v) is 11.9. The van der Waals surface area contributed by atoms with E-state index in [-0.39, 0.29) is 6.03 Å². The summed E-state index contributed by atoms with van der Waals surface area (Å²) in [4.78, 5) is 20.6. The summed E-state index contributed by atoms with van der Waals surface area (Å²) in [5.41, 5.74) is 3.34. The molecule has 2 aromatic heterocycles. The SMILES string of the molecule is COc1ccc(CN2C(=O)NC(c3ccc(OC)cc3)C(c3nc(-c4cccs4)no3)=C2C)cc1. The molecule has 35 heavy (non-hydrogen) atoms. The number of amides is 2. The van der Waals surface area contributed by atoms with Crippen molar-refractivity contribution >= 4 is 22.9 Å². The van der Waals surface area contributed by atoms with Gasteiger partial charge in [-0.15, -0.1) is 11.3 Å². The van der Waals surface area contributed by atoms with Crippen LogP contribution in [0.15, 0.2) is 76.3 Å². The number of aromatic nitrogens is 2. The summed E-state index contributed by atoms with van der Waals surface area (Å²) in [6.07, 6.45) is 0. The van der Waals surface area contributed by atoms with Crippen LogP contribution in [0.4, 0.5) is 4.79 Å². The highest BCUT2D eigenvalue weighted by atomic mass is 32.1. The predicted molar refractivity (Wildman–Crippen MR) is 133 cm³/mol. The number of ether oxygens (including phenoxy) is 2. The lowest BCUT2D eigenvalue weighted by atomic mass is 9.94. The summed E-state index contributed by atoms with van der Waals surface area (Å²) in [5, 5.41) is 9.29. The molecule has 2 aromatic carbocycles. The second-order valence-electron chi connectivity index (χ2n) is 7.99. The van der Waals surface area contributed by atoms with Gasteiger partial charge in [-0.3, -0.25) is 4.90 Å². The van der Waals surface area contributed by atoms with E-state index in [1.54, 1.807) is 19.1 Å². The third kappa shape index (κ3) is 4.50. The second-order valence-corrected chi connectivity index (χ2v) is 8.94. The predicted octanol–water partition coefficient (Wildman–Crippen LogP) is 5.51. The number of carbonyl (C=O) groups is 1. The number of methoxy groups -OCH3 is 2. The lowest BCUT2D eigenvalue weighted by molar-refractivity contribution is 0.203. The molecule has 0 saturated carbocycles. The summed E-state index contributed by atoms with van der Waals surface area (Å²) in [5.74, 6) is 2.38. The fraction of sp³-hybridized carbons (Fsp3) is 0.192. The Labute approximate surface area is 206 Å². The molecular formula is C26H24N4O4S. The van der Waals surface area contributed by atoms with Crippen molar-refractivity contribution in [3.63, 3.8) is 0 Å². The van der Waals surface area contributed by atoms with Gasteiger partial charge < -0.3 is 19.3 Å². The third-order valence-corrected chi connectivity index (χ3v) is 6.81. The molecule has 1 aliphatic heterocycles. The lowest BCUT2D eigenvalue weighted by Gasteiger charge is -2.35. The first kappa shape index (κ1) is 22.7. The minimum Gasteiger partial charge on any atom is -0.497 e. The Morgan fingerprint density at radius 3 is 2.34 bits per heavy atom. The molecule has 0 spiro atoms. The highest BCUT2D eigenvalue weighted by molar-refractivity contribution is 7.13. The lowest BCUT2D eigenvalue weighted by Crippen LogP contribution is -2.45. The molecule has 3 heterocycles. The van der Waals surface area contributed by atoms with Gasteiger partial charge in [-0.1, -0.05) is 35.5 Å². The van der Waals surface area contributed by atoms with Crippen molar-refractivity contribution in [2.24, 2.45) is 0 Å². The first-order valence-electron chi connectivity index (χ1n) is 11.0. The maximum absolute atomic E-state index is 13.3. The van der Waals surface area contributed by atoms with Crippen LogP contribution in [0.3, 0.4) is 0 Å². The van der Waals surface area contributed by atoms with E-state index in [9.17, 15) is 4.79 Å². The molecule has 1 aliphatic rings. The number of hydrogen-bond acceptors (Lipinski definition) is 7. The molecule has 0 aliphatic carbocycles. The second kappa shape index (κ2) is 9.63. The minimum absolute atomic E-state index is 0.208. The molecule has 0 bridgehead atoms. The van der Waals surface area contributed by atoms with Gasteiger partial charge >= 0.3 is 6.03 Å². The number of rotatable bonds is 7. The van der Waals surface area contributed by atoms with Gasteiger partial charge in [-0.2, -0.15) is 4.98 Å². The van der Waals surface area contributed by atoms with Crippen LogP contribution in [0.2, 0.25) is 0 Å². The first-order chi connectivity index (χ1) is 17.1. The fourth-order valence-electron chi connectivity index (χ4n) is 4.05. The van der Waals surface area contributed by atoms with Crippen LogP contribution in [0, 0.1) is 0 Å². The molecule has 0 saturated heterocycles. The maximum atomic E-state index is 13.3. The topological polar surface area (TPSA) is 89.7 Å². The van der Waals surface area contributed by atoms with Crippen LogP contribution in [0.25, 0.3) is 16.3 Å². The van der Waals surface area contributed by atoms with Gasteiger partial charge in [0.15, 0.2) is 0 Å². The Kier molecular flexibility index (Phi) is 6.24. The number of allylic oxidation sites excluding steroid dienone is 1. The van der Waals surface area contributed by atoms with Crippen molar-refractivity contribution in [3.8, 4) is 22.2 Å². The van der Waals surface area contributed by atoms with Crippen LogP contribution in [-0.2, 0) is 6.54 Å². The summed E-state index contributed by atoms with van der Waals surface area (Å²) in [7, 11) is 3.24. The van der Waals surface area contributed by atoms with E-state index in [0.717, 1.165) is 38.8 Å². The number of nitrogens with one attached hydrogen (secondary N) is 1. The van der Waals surface area contributed by atoms with Gasteiger partial charge in [-0.05, 0) is 53.8 Å². The molecule has 178 valence electrons. The number of nitrogens with zero attached hydrogens (tertiary/aromatic N) is 3. The molecule has 0 radical (unpaired) electrons. The zero-order valence-corrected chi connectivity index (χ0v) is 20.3. The molecule has 1 unspecified atom stereocenters. The summed E-state index contributed by atoms with van der Waals surface area (Å²) in [6, 6.07) is 18.4. The van der Waals surface area contributed by atoms with Gasteiger partial charge in [0, 0.05) is 5.70 Å². The standard InChI is InChI=1S/C26H24N4O4S/c1-16-22(25-28-24(29-34-25)21-5-4-14-35-21)23(18-8-12-20(33-3)13-9-18)27-26(31)30(16)15-17-6-10-19(32-2)11-7-17/h4-14,23H,15H2,1-3H3,(H,27,31). The molecule has 1 N–H and O–H groups in total.